The molecule has 1 aromatic carbocycles. The van der Waals surface area contributed by atoms with E-state index in [9.17, 15) is 4.79 Å². The Morgan fingerprint density at radius 2 is 2.20 bits per heavy atom. The number of amides is 1. The average molecular weight is 275 g/mol. The molecular weight excluding hydrogens is 250 g/mol. The summed E-state index contributed by atoms with van der Waals surface area (Å²) >= 11 is 0. The van der Waals surface area contributed by atoms with Gasteiger partial charge in [-0.05, 0) is 37.5 Å². The molecule has 0 saturated carbocycles. The number of hydrogen-bond acceptors (Lipinski definition) is 2. The van der Waals surface area contributed by atoms with Crippen LogP contribution >= 0.6 is 0 Å². The van der Waals surface area contributed by atoms with Crippen molar-refractivity contribution in [2.75, 3.05) is 6.54 Å². The number of allylic oxidation sites excluding steroid dienone is 1. The second-order valence-electron chi connectivity index (χ2n) is 5.08. The van der Waals surface area contributed by atoms with Crippen molar-refractivity contribution in [1.82, 2.24) is 5.32 Å². The molecule has 0 aliphatic heterocycles. The summed E-state index contributed by atoms with van der Waals surface area (Å²) in [6.45, 7) is 4.12. The van der Waals surface area contributed by atoms with E-state index in [0.717, 1.165) is 12.0 Å². The summed E-state index contributed by atoms with van der Waals surface area (Å²) in [4.78, 5) is 11.9. The van der Waals surface area contributed by atoms with Crippen molar-refractivity contribution in [3.05, 3.63) is 41.5 Å². The summed E-state index contributed by atoms with van der Waals surface area (Å²) in [5, 5.41) is 11.9. The Kier molecular flexibility index (Phi) is 7.66. The van der Waals surface area contributed by atoms with Gasteiger partial charge in [0.05, 0.1) is 6.10 Å². The molecule has 0 heterocycles. The molecule has 3 nitrogen and oxygen atoms in total. The number of unbranched alkanes of at least 4 members (excludes halogenated alkanes) is 3. The van der Waals surface area contributed by atoms with Crippen LogP contribution in [0.5, 0.6) is 0 Å². The molecule has 0 aliphatic rings. The molecule has 0 aromatic heterocycles. The van der Waals surface area contributed by atoms with Gasteiger partial charge in [-0.1, -0.05) is 44.1 Å². The lowest BCUT2D eigenvalue weighted by Gasteiger charge is -2.07. The Labute approximate surface area is 121 Å². The zero-order valence-corrected chi connectivity index (χ0v) is 12.4. The minimum atomic E-state index is -0.527. The van der Waals surface area contributed by atoms with Crippen LogP contribution < -0.4 is 5.32 Å². The van der Waals surface area contributed by atoms with Crippen molar-refractivity contribution in [3.63, 3.8) is 0 Å². The van der Waals surface area contributed by atoms with Gasteiger partial charge in [-0.3, -0.25) is 4.79 Å². The fourth-order valence-corrected chi connectivity index (χ4v) is 1.86. The van der Waals surface area contributed by atoms with E-state index in [2.05, 4.69) is 24.4 Å². The summed E-state index contributed by atoms with van der Waals surface area (Å²) in [5.74, 6) is -0.146. The summed E-state index contributed by atoms with van der Waals surface area (Å²) in [6.07, 6.45) is 8.46. The third kappa shape index (κ3) is 6.53. The van der Waals surface area contributed by atoms with Crippen LogP contribution in [0.2, 0.25) is 0 Å². The fraction of sp³-hybridized carbons (Fsp3) is 0.471. The van der Waals surface area contributed by atoms with Gasteiger partial charge in [-0.15, -0.1) is 0 Å². The number of aliphatic hydroxyl groups is 1. The SMILES string of the molecule is CCCCCC=Cc1cccc(C(=O)NCC(C)O)c1. The van der Waals surface area contributed by atoms with Crippen molar-refractivity contribution < 1.29 is 9.90 Å². The molecule has 0 spiro atoms. The number of carbonyl (C=O) groups is 1. The number of aliphatic hydroxyl groups excluding tert-OH is 1. The Hall–Kier alpha value is -1.61. The maximum absolute atomic E-state index is 11.9. The molecule has 1 aromatic rings. The molecule has 1 rings (SSSR count). The van der Waals surface area contributed by atoms with Crippen LogP contribution in [-0.2, 0) is 0 Å². The summed E-state index contributed by atoms with van der Waals surface area (Å²) in [7, 11) is 0. The van der Waals surface area contributed by atoms with Crippen molar-refractivity contribution in [3.8, 4) is 0 Å². The topological polar surface area (TPSA) is 49.3 Å². The number of benzene rings is 1. The second-order valence-corrected chi connectivity index (χ2v) is 5.08. The van der Waals surface area contributed by atoms with Crippen LogP contribution in [0.1, 0.15) is 55.5 Å². The van der Waals surface area contributed by atoms with E-state index in [1.165, 1.54) is 19.3 Å². The van der Waals surface area contributed by atoms with Gasteiger partial charge in [0, 0.05) is 12.1 Å². The van der Waals surface area contributed by atoms with E-state index in [1.54, 1.807) is 13.0 Å². The van der Waals surface area contributed by atoms with Gasteiger partial charge in [-0.2, -0.15) is 0 Å². The predicted octanol–water partition coefficient (Wildman–Crippen LogP) is 3.39. The first-order valence-electron chi connectivity index (χ1n) is 7.36. The standard InChI is InChI=1S/C17H25NO2/c1-3-4-5-6-7-9-15-10-8-11-16(12-15)17(20)18-13-14(2)19/h7-12,14,19H,3-6,13H2,1-2H3,(H,18,20). The average Bonchev–Trinajstić information content (AvgIpc) is 2.45. The molecule has 0 aliphatic carbocycles. The van der Waals surface area contributed by atoms with Gasteiger partial charge in [0.1, 0.15) is 0 Å². The zero-order chi connectivity index (χ0) is 14.8. The van der Waals surface area contributed by atoms with E-state index in [1.807, 2.05) is 18.2 Å². The number of carbonyl (C=O) groups excluding carboxylic acids is 1. The van der Waals surface area contributed by atoms with E-state index in [-0.39, 0.29) is 12.5 Å². The van der Waals surface area contributed by atoms with Crippen LogP contribution in [-0.4, -0.2) is 23.7 Å². The van der Waals surface area contributed by atoms with Crippen molar-refractivity contribution in [2.24, 2.45) is 0 Å². The lowest BCUT2D eigenvalue weighted by atomic mass is 10.1. The van der Waals surface area contributed by atoms with E-state index < -0.39 is 6.10 Å². The summed E-state index contributed by atoms with van der Waals surface area (Å²) in [5.41, 5.74) is 1.66. The molecule has 1 unspecified atom stereocenters. The predicted molar refractivity (Wildman–Crippen MR) is 83.6 cm³/mol. The Balaban J connectivity index is 2.54. The lowest BCUT2D eigenvalue weighted by molar-refractivity contribution is 0.0924. The summed E-state index contributed by atoms with van der Waals surface area (Å²) < 4.78 is 0. The van der Waals surface area contributed by atoms with Crippen LogP contribution in [0.4, 0.5) is 0 Å². The number of hydrogen-bond donors (Lipinski definition) is 2. The lowest BCUT2D eigenvalue weighted by Crippen LogP contribution is -2.30. The molecule has 1 atom stereocenters. The third-order valence-corrected chi connectivity index (χ3v) is 2.99. The van der Waals surface area contributed by atoms with E-state index in [0.29, 0.717) is 5.56 Å². The van der Waals surface area contributed by atoms with Crippen molar-refractivity contribution in [1.29, 1.82) is 0 Å². The number of rotatable bonds is 8. The Bertz CT molecular complexity index is 438. The second kappa shape index (κ2) is 9.32. The highest BCUT2D eigenvalue weighted by Gasteiger charge is 2.06. The van der Waals surface area contributed by atoms with E-state index in [4.69, 9.17) is 5.11 Å². The van der Waals surface area contributed by atoms with Crippen molar-refractivity contribution in [2.45, 2.75) is 45.6 Å². The van der Waals surface area contributed by atoms with E-state index >= 15 is 0 Å². The Morgan fingerprint density at radius 3 is 2.90 bits per heavy atom. The highest BCUT2D eigenvalue weighted by molar-refractivity contribution is 5.94. The van der Waals surface area contributed by atoms with Gasteiger partial charge in [0.25, 0.3) is 5.91 Å². The zero-order valence-electron chi connectivity index (χ0n) is 12.4. The number of nitrogens with one attached hydrogen (secondary N) is 1. The van der Waals surface area contributed by atoms with Gasteiger partial charge in [-0.25, -0.2) is 0 Å². The van der Waals surface area contributed by atoms with Crippen LogP contribution in [0.25, 0.3) is 6.08 Å². The van der Waals surface area contributed by atoms with Gasteiger partial charge < -0.3 is 10.4 Å². The molecule has 0 saturated heterocycles. The maximum atomic E-state index is 11.9. The molecule has 3 heteroatoms. The van der Waals surface area contributed by atoms with Crippen LogP contribution in [0.15, 0.2) is 30.3 Å². The molecule has 0 bridgehead atoms. The highest BCUT2D eigenvalue weighted by Crippen LogP contribution is 2.09. The monoisotopic (exact) mass is 275 g/mol. The molecule has 20 heavy (non-hydrogen) atoms. The largest absolute Gasteiger partial charge is 0.392 e. The molecule has 2 N–H and O–H groups in total. The minimum absolute atomic E-state index is 0.146. The minimum Gasteiger partial charge on any atom is -0.392 e. The third-order valence-electron chi connectivity index (χ3n) is 2.99. The molecule has 0 fully saturated rings. The van der Waals surface area contributed by atoms with Gasteiger partial charge >= 0.3 is 0 Å². The Morgan fingerprint density at radius 1 is 1.40 bits per heavy atom. The van der Waals surface area contributed by atoms with Gasteiger partial charge in [0.15, 0.2) is 0 Å². The quantitative estimate of drug-likeness (QED) is 0.714. The van der Waals surface area contributed by atoms with Gasteiger partial charge in [0.2, 0.25) is 0 Å². The molecule has 0 radical (unpaired) electrons. The molecule has 1 amide bonds. The van der Waals surface area contributed by atoms with Crippen LogP contribution in [0.3, 0.4) is 0 Å². The van der Waals surface area contributed by atoms with Crippen molar-refractivity contribution >= 4 is 12.0 Å². The normalized spacial score (nSPS) is 12.6. The first kappa shape index (κ1) is 16.4. The molecular formula is C17H25NO2. The first-order valence-corrected chi connectivity index (χ1v) is 7.36. The molecule has 110 valence electrons. The fourth-order valence-electron chi connectivity index (χ4n) is 1.86. The summed E-state index contributed by atoms with van der Waals surface area (Å²) in [6, 6.07) is 7.52. The highest BCUT2D eigenvalue weighted by atomic mass is 16.3. The first-order chi connectivity index (χ1) is 9.63. The van der Waals surface area contributed by atoms with Crippen LogP contribution in [0, 0.1) is 0 Å². The smallest absolute Gasteiger partial charge is 0.251 e. The maximum Gasteiger partial charge on any atom is 0.251 e.